The van der Waals surface area contributed by atoms with E-state index in [4.69, 9.17) is 9.47 Å². The largest absolute Gasteiger partial charge is 0.482 e. The second-order valence-corrected chi connectivity index (χ2v) is 8.06. The van der Waals surface area contributed by atoms with Crippen LogP contribution in [0.5, 0.6) is 5.75 Å². The molecule has 0 aliphatic heterocycles. The maximum Gasteiger partial charge on any atom is 0.344 e. The Balaban J connectivity index is 1.47. The van der Waals surface area contributed by atoms with E-state index in [0.29, 0.717) is 12.3 Å². The lowest BCUT2D eigenvalue weighted by Gasteiger charge is -2.19. The third-order valence-corrected chi connectivity index (χ3v) is 4.28. The molecule has 0 aliphatic rings. The highest BCUT2D eigenvalue weighted by molar-refractivity contribution is 5.71. The summed E-state index contributed by atoms with van der Waals surface area (Å²) in [5.74, 6) is 0.279. The Morgan fingerprint density at radius 3 is 2.40 bits per heavy atom. The molecule has 0 bridgehead atoms. The van der Waals surface area contributed by atoms with Gasteiger partial charge in [0.2, 0.25) is 0 Å². The van der Waals surface area contributed by atoms with Crippen molar-refractivity contribution in [2.75, 3.05) is 6.61 Å². The molecule has 30 heavy (non-hydrogen) atoms. The molecular weight excluding hydrogens is 376 g/mol. The Bertz CT molecular complexity index is 948. The third kappa shape index (κ3) is 7.01. The highest BCUT2D eigenvalue weighted by atomic mass is 16.6. The molecule has 5 nitrogen and oxygen atoms in total. The number of nitrogens with one attached hydrogen (secondary N) is 1. The predicted octanol–water partition coefficient (Wildman–Crippen LogP) is 4.76. The van der Waals surface area contributed by atoms with Gasteiger partial charge in [0.15, 0.2) is 6.61 Å². The first-order valence-corrected chi connectivity index (χ1v) is 10.0. The minimum absolute atomic E-state index is 0.0998. The van der Waals surface area contributed by atoms with Crippen LogP contribution in [0.15, 0.2) is 73.1 Å². The summed E-state index contributed by atoms with van der Waals surface area (Å²) in [5, 5.41) is 3.44. The minimum Gasteiger partial charge on any atom is -0.482 e. The molecule has 0 unspecified atom stereocenters. The Kier molecular flexibility index (Phi) is 7.20. The van der Waals surface area contributed by atoms with Crippen molar-refractivity contribution in [3.63, 3.8) is 0 Å². The van der Waals surface area contributed by atoms with Crippen molar-refractivity contribution in [3.8, 4) is 16.9 Å². The topological polar surface area (TPSA) is 60.5 Å². The zero-order chi connectivity index (χ0) is 21.4. The highest BCUT2D eigenvalue weighted by Gasteiger charge is 2.16. The van der Waals surface area contributed by atoms with E-state index in [0.717, 1.165) is 23.2 Å². The molecule has 0 amide bonds. The molecule has 0 saturated heterocycles. The van der Waals surface area contributed by atoms with Crippen LogP contribution in [-0.2, 0) is 22.6 Å². The number of hydrogen-bond donors (Lipinski definition) is 1. The van der Waals surface area contributed by atoms with Crippen LogP contribution < -0.4 is 10.1 Å². The molecule has 3 rings (SSSR count). The summed E-state index contributed by atoms with van der Waals surface area (Å²) in [4.78, 5) is 16.0. The van der Waals surface area contributed by atoms with Gasteiger partial charge in [-0.15, -0.1) is 0 Å². The zero-order valence-electron chi connectivity index (χ0n) is 17.7. The molecule has 0 atom stereocenters. The summed E-state index contributed by atoms with van der Waals surface area (Å²) in [6.45, 7) is 6.87. The van der Waals surface area contributed by atoms with Crippen LogP contribution >= 0.6 is 0 Å². The molecule has 1 N–H and O–H groups in total. The average Bonchev–Trinajstić information content (AvgIpc) is 2.73. The predicted molar refractivity (Wildman–Crippen MR) is 118 cm³/mol. The molecule has 2 aromatic carbocycles. The van der Waals surface area contributed by atoms with Gasteiger partial charge < -0.3 is 14.8 Å². The molecule has 1 aromatic heterocycles. The molecule has 0 spiro atoms. The van der Waals surface area contributed by atoms with E-state index < -0.39 is 5.60 Å². The number of hydrogen-bond acceptors (Lipinski definition) is 5. The molecule has 1 heterocycles. The fourth-order valence-electron chi connectivity index (χ4n) is 2.96. The van der Waals surface area contributed by atoms with Crippen LogP contribution in [0, 0.1) is 0 Å². The molecular formula is C25H28N2O3. The van der Waals surface area contributed by atoms with Gasteiger partial charge in [0.25, 0.3) is 0 Å². The SMILES string of the molecule is CC(C)(C)OC(=O)COc1cccc(CNCc2ccc(-c3cccnc3)cc2)c1. The van der Waals surface area contributed by atoms with Crippen LogP contribution in [0.1, 0.15) is 31.9 Å². The Labute approximate surface area is 178 Å². The first-order chi connectivity index (χ1) is 14.4. The Morgan fingerprint density at radius 2 is 1.70 bits per heavy atom. The molecule has 0 fully saturated rings. The van der Waals surface area contributed by atoms with Crippen LogP contribution in [0.2, 0.25) is 0 Å². The van der Waals surface area contributed by atoms with Crippen molar-refractivity contribution in [2.45, 2.75) is 39.5 Å². The number of rotatable bonds is 8. The normalized spacial score (nSPS) is 11.2. The van der Waals surface area contributed by atoms with Gasteiger partial charge in [0.1, 0.15) is 11.4 Å². The van der Waals surface area contributed by atoms with Crippen LogP contribution in [-0.4, -0.2) is 23.2 Å². The summed E-state index contributed by atoms with van der Waals surface area (Å²) < 4.78 is 10.8. The number of aromatic nitrogens is 1. The van der Waals surface area contributed by atoms with Gasteiger partial charge in [-0.05, 0) is 61.2 Å². The third-order valence-electron chi connectivity index (χ3n) is 4.28. The number of esters is 1. The lowest BCUT2D eigenvalue weighted by atomic mass is 10.1. The van der Waals surface area contributed by atoms with Crippen molar-refractivity contribution < 1.29 is 14.3 Å². The van der Waals surface area contributed by atoms with E-state index in [9.17, 15) is 4.79 Å². The van der Waals surface area contributed by atoms with E-state index in [1.807, 2.05) is 57.3 Å². The van der Waals surface area contributed by atoms with Gasteiger partial charge in [0.05, 0.1) is 0 Å². The summed E-state index contributed by atoms with van der Waals surface area (Å²) in [6, 6.07) is 20.2. The Morgan fingerprint density at radius 1 is 0.933 bits per heavy atom. The minimum atomic E-state index is -0.512. The standard InChI is InChI=1S/C25H28N2O3/c1-25(2,3)30-24(28)18-29-23-8-4-6-20(14-23)16-27-15-19-9-11-21(12-10-19)22-7-5-13-26-17-22/h4-14,17,27H,15-16,18H2,1-3H3. The number of carbonyl (C=O) groups is 1. The first-order valence-electron chi connectivity index (χ1n) is 10.0. The maximum atomic E-state index is 11.8. The zero-order valence-corrected chi connectivity index (χ0v) is 17.7. The van der Waals surface area contributed by atoms with Crippen LogP contribution in [0.4, 0.5) is 0 Å². The smallest absolute Gasteiger partial charge is 0.344 e. The molecule has 0 saturated carbocycles. The van der Waals surface area contributed by atoms with Crippen molar-refractivity contribution in [1.29, 1.82) is 0 Å². The number of ether oxygens (including phenoxy) is 2. The first kappa shape index (κ1) is 21.5. The number of pyridine rings is 1. The van der Waals surface area contributed by atoms with E-state index in [-0.39, 0.29) is 12.6 Å². The van der Waals surface area contributed by atoms with E-state index in [1.54, 1.807) is 6.20 Å². The second kappa shape index (κ2) is 10.0. The van der Waals surface area contributed by atoms with Gasteiger partial charge >= 0.3 is 5.97 Å². The van der Waals surface area contributed by atoms with Crippen LogP contribution in [0.25, 0.3) is 11.1 Å². The number of carbonyl (C=O) groups excluding carboxylic acids is 1. The lowest BCUT2D eigenvalue weighted by Crippen LogP contribution is -2.27. The van der Waals surface area contributed by atoms with Crippen molar-refractivity contribution in [3.05, 3.63) is 84.2 Å². The molecule has 3 aromatic rings. The number of nitrogens with zero attached hydrogens (tertiary/aromatic N) is 1. The number of benzene rings is 2. The van der Waals surface area contributed by atoms with Gasteiger partial charge in [-0.1, -0.05) is 42.5 Å². The molecule has 5 heteroatoms. The van der Waals surface area contributed by atoms with Gasteiger partial charge in [-0.2, -0.15) is 0 Å². The monoisotopic (exact) mass is 404 g/mol. The quantitative estimate of drug-likeness (QED) is 0.549. The summed E-state index contributed by atoms with van der Waals surface area (Å²) in [5.41, 5.74) is 4.05. The van der Waals surface area contributed by atoms with E-state index >= 15 is 0 Å². The van der Waals surface area contributed by atoms with Crippen molar-refractivity contribution >= 4 is 5.97 Å². The molecule has 156 valence electrons. The maximum absolute atomic E-state index is 11.8. The van der Waals surface area contributed by atoms with Crippen LogP contribution in [0.3, 0.4) is 0 Å². The van der Waals surface area contributed by atoms with Crippen molar-refractivity contribution in [2.24, 2.45) is 0 Å². The second-order valence-electron chi connectivity index (χ2n) is 8.06. The van der Waals surface area contributed by atoms with Gasteiger partial charge in [-0.25, -0.2) is 4.79 Å². The van der Waals surface area contributed by atoms with Gasteiger partial charge in [-0.3, -0.25) is 4.98 Å². The summed E-state index contributed by atoms with van der Waals surface area (Å²) in [7, 11) is 0. The average molecular weight is 405 g/mol. The highest BCUT2D eigenvalue weighted by Crippen LogP contribution is 2.18. The molecule has 0 radical (unpaired) electrons. The van der Waals surface area contributed by atoms with Crippen molar-refractivity contribution in [1.82, 2.24) is 10.3 Å². The molecule has 0 aliphatic carbocycles. The summed E-state index contributed by atoms with van der Waals surface area (Å²) >= 11 is 0. The fraction of sp³-hybridized carbons (Fsp3) is 0.280. The fourth-order valence-corrected chi connectivity index (χ4v) is 2.96. The Hall–Kier alpha value is -3.18. The van der Waals surface area contributed by atoms with E-state index in [2.05, 4.69) is 40.6 Å². The van der Waals surface area contributed by atoms with E-state index in [1.165, 1.54) is 5.56 Å². The van der Waals surface area contributed by atoms with Gasteiger partial charge in [0, 0.05) is 25.5 Å². The summed E-state index contributed by atoms with van der Waals surface area (Å²) in [6.07, 6.45) is 3.64. The lowest BCUT2D eigenvalue weighted by molar-refractivity contribution is -0.157.